The van der Waals surface area contributed by atoms with Gasteiger partial charge in [-0.1, -0.05) is 0 Å². The van der Waals surface area contributed by atoms with E-state index >= 15 is 0 Å². The number of fused-ring (bicyclic) bond motifs is 1. The average Bonchev–Trinajstić information content (AvgIpc) is 2.99. The van der Waals surface area contributed by atoms with Crippen LogP contribution in [0.5, 0.6) is 0 Å². The summed E-state index contributed by atoms with van der Waals surface area (Å²) in [7, 11) is -2.16. The zero-order chi connectivity index (χ0) is 17.3. The van der Waals surface area contributed by atoms with Gasteiger partial charge < -0.3 is 4.74 Å². The minimum absolute atomic E-state index is 0.318. The highest BCUT2D eigenvalue weighted by Crippen LogP contribution is 2.29. The lowest BCUT2D eigenvalue weighted by Crippen LogP contribution is -2.11. The van der Waals surface area contributed by atoms with Gasteiger partial charge in [0.25, 0.3) is 0 Å². The number of hydrogen-bond donors (Lipinski definition) is 1. The van der Waals surface area contributed by atoms with Crippen LogP contribution in [-0.4, -0.2) is 41.8 Å². The molecule has 1 amide bonds. The van der Waals surface area contributed by atoms with Crippen LogP contribution in [0, 0.1) is 0 Å². The molecule has 1 N–H and O–H groups in total. The lowest BCUT2D eigenvalue weighted by Gasteiger charge is -2.07. The van der Waals surface area contributed by atoms with Crippen LogP contribution in [0.4, 0.5) is 10.6 Å². The highest BCUT2D eigenvalue weighted by molar-refractivity contribution is 7.89. The zero-order valence-corrected chi connectivity index (χ0v) is 13.7. The smallest absolute Gasteiger partial charge is 0.412 e. The van der Waals surface area contributed by atoms with Crippen molar-refractivity contribution in [2.45, 2.75) is 0 Å². The minimum atomic E-state index is -3.42. The van der Waals surface area contributed by atoms with Gasteiger partial charge in [-0.25, -0.2) is 22.2 Å². The van der Waals surface area contributed by atoms with Gasteiger partial charge in [-0.05, 0) is 23.8 Å². The first kappa shape index (κ1) is 15.9. The molecule has 3 aromatic rings. The number of pyridine rings is 2. The van der Waals surface area contributed by atoms with E-state index in [-0.39, 0.29) is 0 Å². The molecule has 0 bridgehead atoms. The first-order valence-corrected chi connectivity index (χ1v) is 8.72. The van der Waals surface area contributed by atoms with Gasteiger partial charge in [0.15, 0.2) is 0 Å². The molecule has 8 nitrogen and oxygen atoms in total. The van der Waals surface area contributed by atoms with Crippen LogP contribution in [0.2, 0.25) is 0 Å². The Morgan fingerprint density at radius 1 is 1.29 bits per heavy atom. The molecule has 24 heavy (non-hydrogen) atoms. The van der Waals surface area contributed by atoms with Crippen LogP contribution in [-0.2, 0) is 14.8 Å². The van der Waals surface area contributed by atoms with Crippen LogP contribution >= 0.6 is 0 Å². The molecule has 3 aromatic heterocycles. The molecule has 0 saturated carbocycles. The largest absolute Gasteiger partial charge is 0.453 e. The molecule has 3 heterocycles. The van der Waals surface area contributed by atoms with Crippen LogP contribution in [0.15, 0.2) is 43.0 Å². The monoisotopic (exact) mass is 346 g/mol. The van der Waals surface area contributed by atoms with Crippen molar-refractivity contribution in [3.8, 4) is 11.1 Å². The van der Waals surface area contributed by atoms with Crippen LogP contribution < -0.4 is 5.32 Å². The lowest BCUT2D eigenvalue weighted by molar-refractivity contribution is 0.187. The number of nitrogens with one attached hydrogen (secondary N) is 1. The summed E-state index contributed by atoms with van der Waals surface area (Å²) in [5.41, 5.74) is 1.94. The number of amides is 1. The number of carbonyl (C=O) groups excluding carboxylic acids is 1. The second-order valence-electron chi connectivity index (χ2n) is 5.04. The predicted molar refractivity (Wildman–Crippen MR) is 89.2 cm³/mol. The number of ether oxygens (including phenoxy) is 1. The number of carbonyl (C=O) groups is 1. The highest BCUT2D eigenvalue weighted by Gasteiger charge is 2.14. The maximum atomic E-state index is 11.8. The van der Waals surface area contributed by atoms with E-state index in [2.05, 4.69) is 20.0 Å². The Kier molecular flexibility index (Phi) is 3.94. The quantitative estimate of drug-likeness (QED) is 0.779. The zero-order valence-electron chi connectivity index (χ0n) is 12.9. The third-order valence-corrected chi connectivity index (χ3v) is 4.46. The molecule has 0 atom stereocenters. The number of nitrogens with zero attached hydrogens (tertiary/aromatic N) is 3. The summed E-state index contributed by atoms with van der Waals surface area (Å²) in [5.74, 6) is 0.318. The van der Waals surface area contributed by atoms with Crippen LogP contribution in [0.1, 0.15) is 0 Å². The van der Waals surface area contributed by atoms with Crippen molar-refractivity contribution in [3.63, 3.8) is 0 Å². The maximum Gasteiger partial charge on any atom is 0.412 e. The number of hydrogen-bond acceptors (Lipinski definition) is 6. The van der Waals surface area contributed by atoms with Crippen molar-refractivity contribution in [1.29, 1.82) is 0 Å². The number of rotatable bonds is 3. The van der Waals surface area contributed by atoms with E-state index in [0.29, 0.717) is 11.3 Å². The molecule has 0 saturated heterocycles. The van der Waals surface area contributed by atoms with E-state index in [9.17, 15) is 13.2 Å². The second-order valence-corrected chi connectivity index (χ2v) is 6.90. The summed E-state index contributed by atoms with van der Waals surface area (Å²) >= 11 is 0. The minimum Gasteiger partial charge on any atom is -0.453 e. The van der Waals surface area contributed by atoms with Gasteiger partial charge in [0.1, 0.15) is 5.82 Å². The fraction of sp³-hybridized carbons (Fsp3) is 0.133. The van der Waals surface area contributed by atoms with Crippen molar-refractivity contribution >= 4 is 32.8 Å². The Balaban J connectivity index is 2.12. The average molecular weight is 346 g/mol. The molecule has 9 heteroatoms. The molecule has 0 spiro atoms. The van der Waals surface area contributed by atoms with Gasteiger partial charge in [-0.2, -0.15) is 0 Å². The Hall–Kier alpha value is -2.94. The van der Waals surface area contributed by atoms with Gasteiger partial charge in [0.05, 0.1) is 25.1 Å². The summed E-state index contributed by atoms with van der Waals surface area (Å²) in [6.07, 6.45) is 6.65. The fourth-order valence-electron chi connectivity index (χ4n) is 2.37. The van der Waals surface area contributed by atoms with E-state index in [4.69, 9.17) is 0 Å². The van der Waals surface area contributed by atoms with Gasteiger partial charge in [0.2, 0.25) is 10.0 Å². The molecule has 3 rings (SSSR count). The van der Waals surface area contributed by atoms with Gasteiger partial charge in [-0.15, -0.1) is 0 Å². The van der Waals surface area contributed by atoms with Crippen molar-refractivity contribution in [3.05, 3.63) is 43.0 Å². The molecule has 0 aliphatic heterocycles. The molecular weight excluding hydrogens is 332 g/mol. The topological polar surface area (TPSA) is 103 Å². The van der Waals surface area contributed by atoms with Crippen molar-refractivity contribution < 1.29 is 17.9 Å². The van der Waals surface area contributed by atoms with Crippen molar-refractivity contribution in [2.75, 3.05) is 18.7 Å². The summed E-state index contributed by atoms with van der Waals surface area (Å²) in [6, 6.07) is 5.11. The Morgan fingerprint density at radius 3 is 2.79 bits per heavy atom. The van der Waals surface area contributed by atoms with Gasteiger partial charge in [0, 0.05) is 29.5 Å². The second kappa shape index (κ2) is 5.93. The van der Waals surface area contributed by atoms with Crippen molar-refractivity contribution in [1.82, 2.24) is 13.9 Å². The van der Waals surface area contributed by atoms with E-state index in [1.165, 1.54) is 29.7 Å². The number of aromatic nitrogens is 3. The van der Waals surface area contributed by atoms with E-state index in [0.717, 1.165) is 22.8 Å². The standard InChI is InChI=1S/C15H14N4O4S/c1-23-15(20)18-14-7-10(3-5-17-14)12-8-16-9-13-11(12)4-6-19(13)24(2,21)22/h3-9H,1-2H3,(H,17,18,20). The van der Waals surface area contributed by atoms with E-state index in [1.807, 2.05) is 0 Å². The molecule has 0 radical (unpaired) electrons. The first-order valence-electron chi connectivity index (χ1n) is 6.87. The lowest BCUT2D eigenvalue weighted by atomic mass is 10.1. The summed E-state index contributed by atoms with van der Waals surface area (Å²) in [6.45, 7) is 0. The molecule has 0 aliphatic rings. The molecule has 124 valence electrons. The molecule has 0 unspecified atom stereocenters. The molecular formula is C15H14N4O4S. The molecule has 0 aliphatic carbocycles. The number of methoxy groups -OCH3 is 1. The third kappa shape index (κ3) is 2.93. The Morgan fingerprint density at radius 2 is 2.08 bits per heavy atom. The predicted octanol–water partition coefficient (Wildman–Crippen LogP) is 2.08. The van der Waals surface area contributed by atoms with Crippen molar-refractivity contribution in [2.24, 2.45) is 0 Å². The molecule has 0 aromatic carbocycles. The van der Waals surface area contributed by atoms with E-state index in [1.54, 1.807) is 24.4 Å². The normalized spacial score (nSPS) is 11.4. The molecule has 0 fully saturated rings. The third-order valence-electron chi connectivity index (χ3n) is 3.42. The maximum absolute atomic E-state index is 11.8. The summed E-state index contributed by atoms with van der Waals surface area (Å²) in [4.78, 5) is 19.5. The SMILES string of the molecule is COC(=O)Nc1cc(-c2cncc3c2ccn3S(C)(=O)=O)ccn1. The summed E-state index contributed by atoms with van der Waals surface area (Å²) in [5, 5.41) is 3.21. The first-order chi connectivity index (χ1) is 11.4. The Labute approximate surface area is 138 Å². The van der Waals surface area contributed by atoms with Crippen LogP contribution in [0.25, 0.3) is 22.0 Å². The van der Waals surface area contributed by atoms with Gasteiger partial charge in [-0.3, -0.25) is 10.3 Å². The fourth-order valence-corrected chi connectivity index (χ4v) is 3.16. The highest BCUT2D eigenvalue weighted by atomic mass is 32.2. The Bertz CT molecular complexity index is 1030. The van der Waals surface area contributed by atoms with Gasteiger partial charge >= 0.3 is 6.09 Å². The van der Waals surface area contributed by atoms with E-state index < -0.39 is 16.1 Å². The number of anilines is 1. The summed E-state index contributed by atoms with van der Waals surface area (Å²) < 4.78 is 29.4. The van der Waals surface area contributed by atoms with Crippen LogP contribution in [0.3, 0.4) is 0 Å².